The Kier molecular flexibility index (Phi) is 8.30. The van der Waals surface area contributed by atoms with Gasteiger partial charge in [0.1, 0.15) is 5.75 Å². The number of para-hydroxylation sites is 2. The number of ether oxygens (including phenoxy) is 3. The number of rotatable bonds is 10. The van der Waals surface area contributed by atoms with Gasteiger partial charge in [0.15, 0.2) is 18.1 Å². The standard InChI is InChI=1S/C26H28N2O5/c1-28(16-15-19-13-14-23(31-2)24(17-19)32-3)25(29)18-33-22-12-8-7-11-21(22)26(30)27-20-9-5-4-6-10-20/h4-14,17H,15-16,18H2,1-3H3,(H,27,30). The van der Waals surface area contributed by atoms with Gasteiger partial charge >= 0.3 is 0 Å². The van der Waals surface area contributed by atoms with Crippen molar-refractivity contribution in [2.45, 2.75) is 6.42 Å². The second-order valence-electron chi connectivity index (χ2n) is 7.36. The molecule has 0 saturated carbocycles. The van der Waals surface area contributed by atoms with Crippen LogP contribution in [-0.4, -0.2) is 51.1 Å². The van der Waals surface area contributed by atoms with Crippen LogP contribution in [0.1, 0.15) is 15.9 Å². The Morgan fingerprint density at radius 2 is 1.55 bits per heavy atom. The SMILES string of the molecule is COc1ccc(CCN(C)C(=O)COc2ccccc2C(=O)Nc2ccccc2)cc1OC. The Balaban J connectivity index is 1.55. The maximum Gasteiger partial charge on any atom is 0.260 e. The molecule has 33 heavy (non-hydrogen) atoms. The van der Waals surface area contributed by atoms with E-state index in [2.05, 4.69) is 5.32 Å². The maximum atomic E-state index is 12.7. The van der Waals surface area contributed by atoms with E-state index in [1.165, 1.54) is 0 Å². The average molecular weight is 449 g/mol. The highest BCUT2D eigenvalue weighted by Crippen LogP contribution is 2.27. The minimum absolute atomic E-state index is 0.169. The zero-order valence-electron chi connectivity index (χ0n) is 19.0. The largest absolute Gasteiger partial charge is 0.493 e. The summed E-state index contributed by atoms with van der Waals surface area (Å²) in [5.74, 6) is 1.18. The molecule has 0 heterocycles. The number of methoxy groups -OCH3 is 2. The van der Waals surface area contributed by atoms with Crippen molar-refractivity contribution in [3.05, 3.63) is 83.9 Å². The fourth-order valence-electron chi connectivity index (χ4n) is 3.21. The van der Waals surface area contributed by atoms with Crippen LogP contribution >= 0.6 is 0 Å². The van der Waals surface area contributed by atoms with Crippen LogP contribution in [0.15, 0.2) is 72.8 Å². The zero-order valence-corrected chi connectivity index (χ0v) is 19.0. The van der Waals surface area contributed by atoms with Gasteiger partial charge < -0.3 is 24.4 Å². The lowest BCUT2D eigenvalue weighted by molar-refractivity contribution is -0.132. The van der Waals surface area contributed by atoms with Gasteiger partial charge in [0.25, 0.3) is 11.8 Å². The lowest BCUT2D eigenvalue weighted by atomic mass is 10.1. The number of hydrogen-bond acceptors (Lipinski definition) is 5. The van der Waals surface area contributed by atoms with E-state index in [1.54, 1.807) is 62.6 Å². The lowest BCUT2D eigenvalue weighted by Gasteiger charge is -2.18. The highest BCUT2D eigenvalue weighted by atomic mass is 16.5. The fraction of sp³-hybridized carbons (Fsp3) is 0.231. The summed E-state index contributed by atoms with van der Waals surface area (Å²) in [4.78, 5) is 26.9. The molecule has 0 radical (unpaired) electrons. The predicted molar refractivity (Wildman–Crippen MR) is 127 cm³/mol. The molecule has 0 bridgehead atoms. The number of amides is 2. The molecule has 0 aliphatic rings. The minimum Gasteiger partial charge on any atom is -0.493 e. The van der Waals surface area contributed by atoms with E-state index in [9.17, 15) is 9.59 Å². The third kappa shape index (κ3) is 6.49. The summed E-state index contributed by atoms with van der Waals surface area (Å²) in [6.07, 6.45) is 0.651. The van der Waals surface area contributed by atoms with Gasteiger partial charge in [-0.2, -0.15) is 0 Å². The summed E-state index contributed by atoms with van der Waals surface area (Å²) in [5, 5.41) is 2.83. The van der Waals surface area contributed by atoms with Crippen LogP contribution in [0, 0.1) is 0 Å². The average Bonchev–Trinajstić information content (AvgIpc) is 2.86. The van der Waals surface area contributed by atoms with Gasteiger partial charge in [0, 0.05) is 19.3 Å². The van der Waals surface area contributed by atoms with Crippen molar-refractivity contribution in [2.75, 3.05) is 39.7 Å². The zero-order chi connectivity index (χ0) is 23.6. The van der Waals surface area contributed by atoms with Crippen molar-refractivity contribution >= 4 is 17.5 Å². The van der Waals surface area contributed by atoms with E-state index in [4.69, 9.17) is 14.2 Å². The van der Waals surface area contributed by atoms with Crippen molar-refractivity contribution in [3.63, 3.8) is 0 Å². The first-order valence-corrected chi connectivity index (χ1v) is 10.5. The van der Waals surface area contributed by atoms with Crippen molar-refractivity contribution in [1.29, 1.82) is 0 Å². The van der Waals surface area contributed by atoms with Crippen LogP contribution in [0.2, 0.25) is 0 Å². The summed E-state index contributed by atoms with van der Waals surface area (Å²) in [6.45, 7) is 0.339. The Bertz CT molecular complexity index is 1090. The Hall–Kier alpha value is -4.00. The number of hydrogen-bond donors (Lipinski definition) is 1. The number of carbonyl (C=O) groups is 2. The summed E-state index contributed by atoms with van der Waals surface area (Å²) < 4.78 is 16.3. The van der Waals surface area contributed by atoms with E-state index in [0.29, 0.717) is 41.5 Å². The molecular formula is C26H28N2O5. The summed E-state index contributed by atoms with van der Waals surface area (Å²) in [7, 11) is 4.90. The first-order chi connectivity index (χ1) is 16.0. The van der Waals surface area contributed by atoms with Gasteiger partial charge in [-0.3, -0.25) is 9.59 Å². The molecule has 0 saturated heterocycles. The Labute approximate surface area is 193 Å². The van der Waals surface area contributed by atoms with Crippen molar-refractivity contribution < 1.29 is 23.8 Å². The molecule has 0 fully saturated rings. The molecule has 3 aromatic rings. The molecular weight excluding hydrogens is 420 g/mol. The minimum atomic E-state index is -0.300. The first-order valence-electron chi connectivity index (χ1n) is 10.5. The van der Waals surface area contributed by atoms with Crippen molar-refractivity contribution in [2.24, 2.45) is 0 Å². The quantitative estimate of drug-likeness (QED) is 0.507. The third-order valence-corrected chi connectivity index (χ3v) is 5.12. The molecule has 2 amide bonds. The smallest absolute Gasteiger partial charge is 0.260 e. The molecule has 1 N–H and O–H groups in total. The van der Waals surface area contributed by atoms with Gasteiger partial charge in [0.05, 0.1) is 19.8 Å². The molecule has 7 heteroatoms. The molecule has 172 valence electrons. The van der Waals surface area contributed by atoms with Crippen LogP contribution in [0.5, 0.6) is 17.2 Å². The van der Waals surface area contributed by atoms with Gasteiger partial charge in [-0.15, -0.1) is 0 Å². The number of anilines is 1. The molecule has 0 unspecified atom stereocenters. The van der Waals surface area contributed by atoms with Crippen molar-refractivity contribution in [3.8, 4) is 17.2 Å². The van der Waals surface area contributed by atoms with Crippen LogP contribution in [0.4, 0.5) is 5.69 Å². The Morgan fingerprint density at radius 3 is 2.27 bits per heavy atom. The van der Waals surface area contributed by atoms with Crippen LogP contribution in [0.3, 0.4) is 0 Å². The molecule has 0 spiro atoms. The number of benzene rings is 3. The second kappa shape index (κ2) is 11.6. The monoisotopic (exact) mass is 448 g/mol. The molecule has 0 aromatic heterocycles. The number of likely N-dealkylation sites (N-methyl/N-ethyl adjacent to an activating group) is 1. The molecule has 0 aliphatic heterocycles. The topological polar surface area (TPSA) is 77.1 Å². The molecule has 3 aromatic carbocycles. The highest BCUT2D eigenvalue weighted by molar-refractivity contribution is 6.06. The summed E-state index contributed by atoms with van der Waals surface area (Å²) in [6, 6.07) is 21.7. The van der Waals surface area contributed by atoms with E-state index in [-0.39, 0.29) is 18.4 Å². The van der Waals surface area contributed by atoms with Gasteiger partial charge in [-0.25, -0.2) is 0 Å². The molecule has 0 atom stereocenters. The van der Waals surface area contributed by atoms with Gasteiger partial charge in [-0.05, 0) is 48.4 Å². The third-order valence-electron chi connectivity index (χ3n) is 5.12. The fourth-order valence-corrected chi connectivity index (χ4v) is 3.21. The van der Waals surface area contributed by atoms with E-state index >= 15 is 0 Å². The molecule has 0 aliphatic carbocycles. The van der Waals surface area contributed by atoms with E-state index < -0.39 is 0 Å². The van der Waals surface area contributed by atoms with Crippen LogP contribution in [-0.2, 0) is 11.2 Å². The normalized spacial score (nSPS) is 10.3. The maximum absolute atomic E-state index is 12.7. The number of nitrogens with one attached hydrogen (secondary N) is 1. The molecule has 7 nitrogen and oxygen atoms in total. The summed E-state index contributed by atoms with van der Waals surface area (Å²) >= 11 is 0. The first kappa shape index (κ1) is 23.7. The lowest BCUT2D eigenvalue weighted by Crippen LogP contribution is -2.33. The van der Waals surface area contributed by atoms with Crippen molar-refractivity contribution in [1.82, 2.24) is 4.90 Å². The van der Waals surface area contributed by atoms with E-state index in [1.807, 2.05) is 36.4 Å². The summed E-state index contributed by atoms with van der Waals surface area (Å²) in [5.41, 5.74) is 2.07. The number of nitrogens with zero attached hydrogens (tertiary/aromatic N) is 1. The Morgan fingerprint density at radius 1 is 0.848 bits per heavy atom. The second-order valence-corrected chi connectivity index (χ2v) is 7.36. The van der Waals surface area contributed by atoms with Gasteiger partial charge in [0.2, 0.25) is 0 Å². The van der Waals surface area contributed by atoms with Gasteiger partial charge in [-0.1, -0.05) is 36.4 Å². The van der Waals surface area contributed by atoms with Crippen LogP contribution in [0.25, 0.3) is 0 Å². The highest BCUT2D eigenvalue weighted by Gasteiger charge is 2.15. The van der Waals surface area contributed by atoms with E-state index in [0.717, 1.165) is 5.56 Å². The van der Waals surface area contributed by atoms with Crippen LogP contribution < -0.4 is 19.5 Å². The molecule has 3 rings (SSSR count). The predicted octanol–water partition coefficient (Wildman–Crippen LogP) is 4.04. The number of carbonyl (C=O) groups excluding carboxylic acids is 2.